The van der Waals surface area contributed by atoms with Gasteiger partial charge in [0.2, 0.25) is 0 Å². The lowest BCUT2D eigenvalue weighted by molar-refractivity contribution is 0.0501. The maximum absolute atomic E-state index is 10.4. The van der Waals surface area contributed by atoms with Crippen molar-refractivity contribution in [3.63, 3.8) is 0 Å². The Bertz CT molecular complexity index is 534. The third-order valence-electron chi connectivity index (χ3n) is 4.13. The number of rotatable bonds is 2. The number of halogens is 1. The minimum Gasteiger partial charge on any atom is -0.388 e. The Morgan fingerprint density at radius 2 is 2.26 bits per heavy atom. The van der Waals surface area contributed by atoms with Crippen molar-refractivity contribution in [3.05, 3.63) is 28.3 Å². The van der Waals surface area contributed by atoms with Crippen LogP contribution >= 0.6 is 11.6 Å². The van der Waals surface area contributed by atoms with Gasteiger partial charge in [0.15, 0.2) is 0 Å². The average Bonchev–Trinajstić information content (AvgIpc) is 2.67. The smallest absolute Gasteiger partial charge is 0.101 e. The van der Waals surface area contributed by atoms with Gasteiger partial charge in [-0.2, -0.15) is 5.26 Å². The number of hydrogen-bond donors (Lipinski definition) is 1. The molecule has 1 fully saturated rings. The van der Waals surface area contributed by atoms with Crippen LogP contribution in [0.5, 0.6) is 0 Å². The maximum atomic E-state index is 10.4. The summed E-state index contributed by atoms with van der Waals surface area (Å²) in [7, 11) is 0. The SMILES string of the molecule is CCC1N(c2ccc(C#N)c(Cl)c2C)CCC1(C)O. The van der Waals surface area contributed by atoms with E-state index in [1.54, 1.807) is 6.07 Å². The molecule has 2 rings (SSSR count). The van der Waals surface area contributed by atoms with Gasteiger partial charge in [-0.15, -0.1) is 0 Å². The molecule has 3 nitrogen and oxygen atoms in total. The van der Waals surface area contributed by atoms with Crippen LogP contribution in [0.4, 0.5) is 5.69 Å². The third-order valence-corrected chi connectivity index (χ3v) is 4.61. The van der Waals surface area contributed by atoms with Gasteiger partial charge in [-0.05, 0) is 44.4 Å². The summed E-state index contributed by atoms with van der Waals surface area (Å²) < 4.78 is 0. The maximum Gasteiger partial charge on any atom is 0.101 e. The Hall–Kier alpha value is -1.24. The number of aliphatic hydroxyl groups is 1. The van der Waals surface area contributed by atoms with Crippen molar-refractivity contribution in [2.45, 2.75) is 45.3 Å². The molecule has 0 amide bonds. The molecule has 0 bridgehead atoms. The van der Waals surface area contributed by atoms with Crippen LogP contribution in [0.1, 0.15) is 37.8 Å². The lowest BCUT2D eigenvalue weighted by Crippen LogP contribution is -2.42. The molecule has 1 N–H and O–H groups in total. The molecule has 1 aliphatic heterocycles. The largest absolute Gasteiger partial charge is 0.388 e. The molecule has 2 atom stereocenters. The minimum absolute atomic E-state index is 0.0928. The van der Waals surface area contributed by atoms with Crippen LogP contribution in [-0.4, -0.2) is 23.3 Å². The topological polar surface area (TPSA) is 47.3 Å². The van der Waals surface area contributed by atoms with E-state index in [1.807, 2.05) is 19.9 Å². The summed E-state index contributed by atoms with van der Waals surface area (Å²) in [5.74, 6) is 0. The first-order chi connectivity index (χ1) is 8.92. The van der Waals surface area contributed by atoms with Crippen LogP contribution in [0.15, 0.2) is 12.1 Å². The van der Waals surface area contributed by atoms with E-state index >= 15 is 0 Å². The van der Waals surface area contributed by atoms with Crippen molar-refractivity contribution in [2.24, 2.45) is 0 Å². The molecule has 0 radical (unpaired) electrons. The predicted molar refractivity (Wildman–Crippen MR) is 77.6 cm³/mol. The van der Waals surface area contributed by atoms with Gasteiger partial charge in [0.25, 0.3) is 0 Å². The fourth-order valence-corrected chi connectivity index (χ4v) is 3.23. The van der Waals surface area contributed by atoms with E-state index in [2.05, 4.69) is 17.9 Å². The zero-order chi connectivity index (χ0) is 14.2. The summed E-state index contributed by atoms with van der Waals surface area (Å²) in [5, 5.41) is 19.9. The molecule has 0 aliphatic carbocycles. The lowest BCUT2D eigenvalue weighted by Gasteiger charge is -2.33. The van der Waals surface area contributed by atoms with E-state index < -0.39 is 5.60 Å². The van der Waals surface area contributed by atoms with E-state index in [4.69, 9.17) is 16.9 Å². The summed E-state index contributed by atoms with van der Waals surface area (Å²) in [6, 6.07) is 5.88. The van der Waals surface area contributed by atoms with Gasteiger partial charge >= 0.3 is 0 Å². The fourth-order valence-electron chi connectivity index (χ4n) is 3.03. The van der Waals surface area contributed by atoms with E-state index in [9.17, 15) is 5.11 Å². The van der Waals surface area contributed by atoms with Crippen LogP contribution in [-0.2, 0) is 0 Å². The van der Waals surface area contributed by atoms with Crippen LogP contribution in [0.3, 0.4) is 0 Å². The fraction of sp³-hybridized carbons (Fsp3) is 0.533. The second-order valence-corrected chi connectivity index (χ2v) is 5.79. The first kappa shape index (κ1) is 14.2. The zero-order valence-electron chi connectivity index (χ0n) is 11.6. The first-order valence-corrected chi connectivity index (χ1v) is 6.98. The highest BCUT2D eigenvalue weighted by molar-refractivity contribution is 6.32. The Balaban J connectivity index is 2.44. The summed E-state index contributed by atoms with van der Waals surface area (Å²) in [5.41, 5.74) is 1.77. The highest BCUT2D eigenvalue weighted by atomic mass is 35.5. The molecular weight excluding hydrogens is 260 g/mol. The average molecular weight is 279 g/mol. The number of hydrogen-bond acceptors (Lipinski definition) is 3. The van der Waals surface area contributed by atoms with Crippen LogP contribution in [0.2, 0.25) is 5.02 Å². The van der Waals surface area contributed by atoms with E-state index in [-0.39, 0.29) is 6.04 Å². The van der Waals surface area contributed by atoms with Gasteiger partial charge in [0.1, 0.15) is 6.07 Å². The Labute approximate surface area is 119 Å². The molecule has 0 saturated carbocycles. The van der Waals surface area contributed by atoms with Crippen LogP contribution < -0.4 is 4.90 Å². The van der Waals surface area contributed by atoms with Gasteiger partial charge < -0.3 is 10.0 Å². The Kier molecular flexibility index (Phi) is 3.75. The normalized spacial score (nSPS) is 26.5. The molecule has 4 heteroatoms. The van der Waals surface area contributed by atoms with E-state index in [0.29, 0.717) is 10.6 Å². The van der Waals surface area contributed by atoms with Gasteiger partial charge in [-0.1, -0.05) is 18.5 Å². The number of nitriles is 1. The molecule has 1 heterocycles. The number of benzene rings is 1. The third kappa shape index (κ3) is 2.31. The summed E-state index contributed by atoms with van der Waals surface area (Å²) in [4.78, 5) is 2.21. The second-order valence-electron chi connectivity index (χ2n) is 5.41. The van der Waals surface area contributed by atoms with Gasteiger partial charge in [0, 0.05) is 12.2 Å². The van der Waals surface area contributed by atoms with Crippen molar-refractivity contribution < 1.29 is 5.11 Å². The zero-order valence-corrected chi connectivity index (χ0v) is 12.3. The van der Waals surface area contributed by atoms with Crippen LogP contribution in [0, 0.1) is 18.3 Å². The van der Waals surface area contributed by atoms with Crippen molar-refractivity contribution in [3.8, 4) is 6.07 Å². The summed E-state index contributed by atoms with van der Waals surface area (Å²) >= 11 is 6.23. The highest BCUT2D eigenvalue weighted by Crippen LogP contribution is 2.38. The number of nitrogens with zero attached hydrogens (tertiary/aromatic N) is 2. The lowest BCUT2D eigenvalue weighted by atomic mass is 9.95. The molecule has 1 aliphatic rings. The minimum atomic E-state index is -0.665. The Morgan fingerprint density at radius 1 is 1.58 bits per heavy atom. The molecule has 0 spiro atoms. The standard InChI is InChI=1S/C15H19ClN2O/c1-4-13-15(3,19)7-8-18(13)12-6-5-11(9-17)14(16)10(12)2/h5-6,13,19H,4,7-8H2,1-3H3. The quantitative estimate of drug-likeness (QED) is 0.903. The van der Waals surface area contributed by atoms with Crippen molar-refractivity contribution in [1.82, 2.24) is 0 Å². The summed E-state index contributed by atoms with van der Waals surface area (Å²) in [6.45, 7) is 6.71. The molecule has 1 saturated heterocycles. The van der Waals surface area contributed by atoms with E-state index in [1.165, 1.54) is 0 Å². The molecule has 2 unspecified atom stereocenters. The number of anilines is 1. The molecular formula is C15H19ClN2O. The highest BCUT2D eigenvalue weighted by Gasteiger charge is 2.41. The van der Waals surface area contributed by atoms with E-state index in [0.717, 1.165) is 30.6 Å². The van der Waals surface area contributed by atoms with Crippen molar-refractivity contribution in [2.75, 3.05) is 11.4 Å². The Morgan fingerprint density at radius 3 is 2.84 bits per heavy atom. The van der Waals surface area contributed by atoms with Crippen LogP contribution in [0.25, 0.3) is 0 Å². The molecule has 1 aromatic rings. The van der Waals surface area contributed by atoms with Gasteiger partial charge in [-0.25, -0.2) is 0 Å². The molecule has 19 heavy (non-hydrogen) atoms. The molecule has 102 valence electrons. The first-order valence-electron chi connectivity index (χ1n) is 6.60. The van der Waals surface area contributed by atoms with Crippen molar-refractivity contribution in [1.29, 1.82) is 5.26 Å². The molecule has 1 aromatic carbocycles. The van der Waals surface area contributed by atoms with Crippen molar-refractivity contribution >= 4 is 17.3 Å². The predicted octanol–water partition coefficient (Wildman–Crippen LogP) is 3.26. The monoisotopic (exact) mass is 278 g/mol. The van der Waals surface area contributed by atoms with Gasteiger partial charge in [0.05, 0.1) is 22.2 Å². The molecule has 0 aromatic heterocycles. The second kappa shape index (κ2) is 5.03. The van der Waals surface area contributed by atoms with Gasteiger partial charge in [-0.3, -0.25) is 0 Å². The summed E-state index contributed by atoms with van der Waals surface area (Å²) in [6.07, 6.45) is 1.63.